The molecule has 3 N–H and O–H groups in total. The third-order valence-corrected chi connectivity index (χ3v) is 4.97. The van der Waals surface area contributed by atoms with Crippen LogP contribution in [0.15, 0.2) is 10.4 Å². The Hall–Kier alpha value is -1.43. The molecule has 11 heteroatoms. The highest BCUT2D eigenvalue weighted by Gasteiger charge is 2.33. The lowest BCUT2D eigenvalue weighted by molar-refractivity contribution is -0.140. The monoisotopic (exact) mass is 423 g/mol. The molecule has 28 heavy (non-hydrogen) atoms. The summed E-state index contributed by atoms with van der Waals surface area (Å²) in [5.74, 6) is 0.511. The van der Waals surface area contributed by atoms with Crippen LogP contribution in [-0.4, -0.2) is 79.0 Å². The summed E-state index contributed by atoms with van der Waals surface area (Å²) in [6.45, 7) is 8.27. The molecule has 1 aliphatic rings. The minimum atomic E-state index is -4.41. The van der Waals surface area contributed by atoms with E-state index in [2.05, 4.69) is 25.5 Å². The quantitative estimate of drug-likeness (QED) is 0.433. The number of guanidine groups is 1. The molecule has 0 aliphatic carbocycles. The van der Waals surface area contributed by atoms with Gasteiger partial charge in [0.15, 0.2) is 11.7 Å². The number of aliphatic imine (C=N–C) groups is 1. The van der Waals surface area contributed by atoms with Gasteiger partial charge in [0.2, 0.25) is 0 Å². The Bertz CT molecular complexity index is 631. The molecular weight excluding hydrogens is 395 g/mol. The van der Waals surface area contributed by atoms with Crippen LogP contribution < -0.4 is 10.6 Å². The Kier molecular flexibility index (Phi) is 8.47. The molecule has 0 aromatic carbocycles. The van der Waals surface area contributed by atoms with Crippen molar-refractivity contribution in [1.29, 1.82) is 0 Å². The van der Waals surface area contributed by atoms with Crippen molar-refractivity contribution in [2.24, 2.45) is 4.99 Å². The Morgan fingerprint density at radius 1 is 1.36 bits per heavy atom. The largest absolute Gasteiger partial charge is 0.434 e. The maximum absolute atomic E-state index is 12.6. The summed E-state index contributed by atoms with van der Waals surface area (Å²) >= 11 is 0.991. The number of halogens is 3. The number of nitrogens with zero attached hydrogens (tertiary/aromatic N) is 3. The van der Waals surface area contributed by atoms with Crippen LogP contribution in [0, 0.1) is 0 Å². The maximum atomic E-state index is 12.6. The van der Waals surface area contributed by atoms with Crippen molar-refractivity contribution in [3.05, 3.63) is 16.1 Å². The molecule has 1 aromatic heterocycles. The number of morpholine rings is 1. The highest BCUT2D eigenvalue weighted by atomic mass is 32.1. The minimum Gasteiger partial charge on any atom is -0.387 e. The second-order valence-corrected chi connectivity index (χ2v) is 7.82. The maximum Gasteiger partial charge on any atom is 0.434 e. The lowest BCUT2D eigenvalue weighted by Crippen LogP contribution is -2.48. The van der Waals surface area contributed by atoms with E-state index in [0.29, 0.717) is 50.2 Å². The number of β-amino-alcohol motifs (C(OH)–C–C–N with tert-alkyl or cyclic N) is 1. The summed E-state index contributed by atoms with van der Waals surface area (Å²) in [7, 11) is 0. The number of alkyl halides is 3. The van der Waals surface area contributed by atoms with E-state index in [4.69, 9.17) is 4.74 Å². The number of ether oxygens (including phenoxy) is 1. The van der Waals surface area contributed by atoms with E-state index in [9.17, 15) is 18.3 Å². The van der Waals surface area contributed by atoms with E-state index >= 15 is 0 Å². The minimum absolute atomic E-state index is 0.204. The normalized spacial score (nSPS) is 18.7. The highest BCUT2D eigenvalue weighted by Crippen LogP contribution is 2.29. The summed E-state index contributed by atoms with van der Waals surface area (Å²) in [4.78, 5) is 10.2. The number of rotatable bonds is 8. The standard InChI is InChI=1S/C17H28F3N5O2S/c1-3-21-15(22-5-4-14-24-13(10-28-14)17(18,19)20)23-11-16(2,26)12-25-6-8-27-9-7-25/h10,26H,3-9,11-12H2,1-2H3,(H2,21,22,23). The lowest BCUT2D eigenvalue weighted by atomic mass is 10.1. The molecule has 160 valence electrons. The van der Waals surface area contributed by atoms with Crippen molar-refractivity contribution in [1.82, 2.24) is 20.5 Å². The van der Waals surface area contributed by atoms with Gasteiger partial charge in [-0.2, -0.15) is 13.2 Å². The Morgan fingerprint density at radius 3 is 2.68 bits per heavy atom. The van der Waals surface area contributed by atoms with Gasteiger partial charge in [0.05, 0.1) is 30.4 Å². The van der Waals surface area contributed by atoms with Crippen molar-refractivity contribution >= 4 is 17.3 Å². The van der Waals surface area contributed by atoms with E-state index in [1.807, 2.05) is 6.92 Å². The first-order chi connectivity index (χ1) is 13.2. The first kappa shape index (κ1) is 22.9. The molecule has 1 unspecified atom stereocenters. The Labute approximate surface area is 167 Å². The molecule has 1 aliphatic heterocycles. The number of aliphatic hydroxyl groups is 1. The van der Waals surface area contributed by atoms with E-state index in [0.717, 1.165) is 29.8 Å². The number of aromatic nitrogens is 1. The van der Waals surface area contributed by atoms with E-state index in [-0.39, 0.29) is 6.54 Å². The van der Waals surface area contributed by atoms with E-state index < -0.39 is 17.5 Å². The van der Waals surface area contributed by atoms with E-state index in [1.165, 1.54) is 0 Å². The predicted molar refractivity (Wildman–Crippen MR) is 103 cm³/mol. The summed E-state index contributed by atoms with van der Waals surface area (Å²) in [5.41, 5.74) is -1.84. The summed E-state index contributed by atoms with van der Waals surface area (Å²) < 4.78 is 43.1. The molecule has 1 fully saturated rings. The highest BCUT2D eigenvalue weighted by molar-refractivity contribution is 7.09. The number of thiazole rings is 1. The predicted octanol–water partition coefficient (Wildman–Crippen LogP) is 1.34. The molecule has 0 amide bonds. The van der Waals surface area contributed by atoms with Gasteiger partial charge in [0, 0.05) is 44.5 Å². The second kappa shape index (κ2) is 10.4. The number of hydrogen-bond acceptors (Lipinski definition) is 6. The van der Waals surface area contributed by atoms with Crippen LogP contribution in [0.5, 0.6) is 0 Å². The van der Waals surface area contributed by atoms with Crippen molar-refractivity contribution in [3.63, 3.8) is 0 Å². The van der Waals surface area contributed by atoms with Gasteiger partial charge in [-0.15, -0.1) is 11.3 Å². The molecule has 0 saturated carbocycles. The fourth-order valence-electron chi connectivity index (χ4n) is 2.73. The summed E-state index contributed by atoms with van der Waals surface area (Å²) in [6.07, 6.45) is -4.06. The van der Waals surface area contributed by atoms with Crippen molar-refractivity contribution in [2.45, 2.75) is 32.0 Å². The number of hydrogen-bond donors (Lipinski definition) is 3. The van der Waals surface area contributed by atoms with Crippen LogP contribution in [0.3, 0.4) is 0 Å². The molecule has 7 nitrogen and oxygen atoms in total. The van der Waals surface area contributed by atoms with Gasteiger partial charge in [-0.3, -0.25) is 9.89 Å². The van der Waals surface area contributed by atoms with Crippen molar-refractivity contribution in [2.75, 3.05) is 52.5 Å². The van der Waals surface area contributed by atoms with Gasteiger partial charge < -0.3 is 20.5 Å². The number of nitrogens with one attached hydrogen (secondary N) is 2. The molecule has 0 bridgehead atoms. The SMILES string of the molecule is CCNC(=NCC(C)(O)CN1CCOCC1)NCCc1nc(C(F)(F)F)cs1. The zero-order valence-corrected chi connectivity index (χ0v) is 17.0. The third kappa shape index (κ3) is 7.90. The van der Waals surface area contributed by atoms with Gasteiger partial charge in [0.1, 0.15) is 0 Å². The average Bonchev–Trinajstić information content (AvgIpc) is 3.09. The molecule has 0 spiro atoms. The molecule has 0 radical (unpaired) electrons. The zero-order chi connectivity index (χ0) is 20.6. The molecule has 2 heterocycles. The van der Waals surface area contributed by atoms with Crippen molar-refractivity contribution in [3.8, 4) is 0 Å². The van der Waals surface area contributed by atoms with Gasteiger partial charge >= 0.3 is 6.18 Å². The van der Waals surface area contributed by atoms with Gasteiger partial charge in [0.25, 0.3) is 0 Å². The van der Waals surface area contributed by atoms with Crippen LogP contribution in [0.1, 0.15) is 24.5 Å². The van der Waals surface area contributed by atoms with Crippen LogP contribution in [0.25, 0.3) is 0 Å². The van der Waals surface area contributed by atoms with Crippen molar-refractivity contribution < 1.29 is 23.0 Å². The molecular formula is C17H28F3N5O2S. The van der Waals surface area contributed by atoms with Crippen LogP contribution in [-0.2, 0) is 17.3 Å². The van der Waals surface area contributed by atoms with Gasteiger partial charge in [-0.05, 0) is 13.8 Å². The molecule has 2 rings (SSSR count). The van der Waals surface area contributed by atoms with Crippen LogP contribution in [0.4, 0.5) is 13.2 Å². The summed E-state index contributed by atoms with van der Waals surface area (Å²) in [6, 6.07) is 0. The van der Waals surface area contributed by atoms with E-state index in [1.54, 1.807) is 6.92 Å². The zero-order valence-electron chi connectivity index (χ0n) is 16.2. The molecule has 1 atom stereocenters. The fraction of sp³-hybridized carbons (Fsp3) is 0.765. The topological polar surface area (TPSA) is 82.0 Å². The van der Waals surface area contributed by atoms with Crippen LogP contribution >= 0.6 is 11.3 Å². The first-order valence-electron chi connectivity index (χ1n) is 9.26. The fourth-order valence-corrected chi connectivity index (χ4v) is 3.53. The third-order valence-electron chi connectivity index (χ3n) is 4.06. The Morgan fingerprint density at radius 2 is 2.07 bits per heavy atom. The average molecular weight is 424 g/mol. The van der Waals surface area contributed by atoms with Gasteiger partial charge in [-0.1, -0.05) is 0 Å². The van der Waals surface area contributed by atoms with Crippen LogP contribution in [0.2, 0.25) is 0 Å². The Balaban J connectivity index is 1.83. The second-order valence-electron chi connectivity index (χ2n) is 6.88. The summed E-state index contributed by atoms with van der Waals surface area (Å²) in [5, 5.41) is 18.2. The molecule has 1 saturated heterocycles. The van der Waals surface area contributed by atoms with Gasteiger partial charge in [-0.25, -0.2) is 4.98 Å². The smallest absolute Gasteiger partial charge is 0.387 e. The molecule has 1 aromatic rings. The first-order valence-corrected chi connectivity index (χ1v) is 10.1. The lowest BCUT2D eigenvalue weighted by Gasteiger charge is -2.33.